The Morgan fingerprint density at radius 3 is 2.58 bits per heavy atom. The van der Waals surface area contributed by atoms with Crippen LogP contribution in [0.1, 0.15) is 17.9 Å². The highest BCUT2D eigenvalue weighted by Gasteiger charge is 2.21. The number of benzene rings is 2. The van der Waals surface area contributed by atoms with E-state index in [1.54, 1.807) is 12.1 Å². The molecule has 4 rings (SSSR count). The zero-order chi connectivity index (χ0) is 21.6. The first-order valence-electron chi connectivity index (χ1n) is 10.5. The molecule has 2 amide bonds. The Morgan fingerprint density at radius 1 is 1.10 bits per heavy atom. The van der Waals surface area contributed by atoms with Crippen molar-refractivity contribution in [3.63, 3.8) is 0 Å². The minimum atomic E-state index is -0.109. The van der Waals surface area contributed by atoms with Gasteiger partial charge in [-0.3, -0.25) is 4.90 Å². The van der Waals surface area contributed by atoms with Crippen molar-refractivity contribution in [2.45, 2.75) is 19.8 Å². The summed E-state index contributed by atoms with van der Waals surface area (Å²) in [6, 6.07) is 15.2. The van der Waals surface area contributed by atoms with Crippen molar-refractivity contribution in [1.29, 1.82) is 0 Å². The second kappa shape index (κ2) is 9.94. The summed E-state index contributed by atoms with van der Waals surface area (Å²) in [6.45, 7) is 6.05. The van der Waals surface area contributed by atoms with Crippen LogP contribution in [0.25, 0.3) is 11.4 Å². The van der Waals surface area contributed by atoms with Gasteiger partial charge >= 0.3 is 6.03 Å². The number of piperazine rings is 1. The van der Waals surface area contributed by atoms with Crippen molar-refractivity contribution in [3.8, 4) is 11.4 Å². The Balaban J connectivity index is 1.19. The van der Waals surface area contributed by atoms with E-state index in [1.807, 2.05) is 41.3 Å². The number of aryl methyl sites for hydroxylation is 2. The molecule has 0 saturated carbocycles. The van der Waals surface area contributed by atoms with E-state index in [9.17, 15) is 4.79 Å². The first kappa shape index (κ1) is 21.3. The molecule has 0 spiro atoms. The molecule has 1 saturated heterocycles. The summed E-state index contributed by atoms with van der Waals surface area (Å²) in [7, 11) is 0. The molecular weight excluding hydrogens is 414 g/mol. The van der Waals surface area contributed by atoms with Gasteiger partial charge in [-0.1, -0.05) is 58.7 Å². The Kier molecular flexibility index (Phi) is 6.84. The number of amides is 2. The van der Waals surface area contributed by atoms with Crippen LogP contribution in [0.4, 0.5) is 10.5 Å². The third kappa shape index (κ3) is 5.62. The number of halogens is 1. The SMILES string of the molecule is Cc1ccc(-c2noc(CCCN3CCN(C(=O)Nc4ccccc4Cl)CC3)n2)cc1. The number of hydrogen-bond acceptors (Lipinski definition) is 5. The second-order valence-corrected chi connectivity index (χ2v) is 8.13. The summed E-state index contributed by atoms with van der Waals surface area (Å²) >= 11 is 6.12. The fourth-order valence-electron chi connectivity index (χ4n) is 3.56. The van der Waals surface area contributed by atoms with Gasteiger partial charge in [0.05, 0.1) is 10.7 Å². The van der Waals surface area contributed by atoms with E-state index >= 15 is 0 Å². The summed E-state index contributed by atoms with van der Waals surface area (Å²) in [6.07, 6.45) is 1.67. The molecule has 0 unspecified atom stereocenters. The highest BCUT2D eigenvalue weighted by atomic mass is 35.5. The van der Waals surface area contributed by atoms with Crippen molar-refractivity contribution in [1.82, 2.24) is 19.9 Å². The lowest BCUT2D eigenvalue weighted by Crippen LogP contribution is -2.50. The lowest BCUT2D eigenvalue weighted by atomic mass is 10.1. The summed E-state index contributed by atoms with van der Waals surface area (Å²) < 4.78 is 5.40. The third-order valence-electron chi connectivity index (χ3n) is 5.42. The monoisotopic (exact) mass is 439 g/mol. The van der Waals surface area contributed by atoms with Gasteiger partial charge in [0.1, 0.15) is 0 Å². The number of aromatic nitrogens is 2. The molecule has 7 nitrogen and oxygen atoms in total. The smallest absolute Gasteiger partial charge is 0.321 e. The van der Waals surface area contributed by atoms with Crippen molar-refractivity contribution < 1.29 is 9.32 Å². The molecule has 1 aliphatic rings. The topological polar surface area (TPSA) is 74.5 Å². The molecule has 1 aliphatic heterocycles. The zero-order valence-corrected chi connectivity index (χ0v) is 18.3. The summed E-state index contributed by atoms with van der Waals surface area (Å²) in [4.78, 5) is 21.2. The number of anilines is 1. The number of carbonyl (C=O) groups excluding carboxylic acids is 1. The maximum absolute atomic E-state index is 12.5. The number of rotatable bonds is 6. The molecule has 1 N–H and O–H groups in total. The van der Waals surface area contributed by atoms with Crippen LogP contribution in [0.5, 0.6) is 0 Å². The van der Waals surface area contributed by atoms with E-state index in [0.29, 0.717) is 35.5 Å². The molecule has 2 aromatic carbocycles. The second-order valence-electron chi connectivity index (χ2n) is 7.72. The van der Waals surface area contributed by atoms with Crippen molar-refractivity contribution in [2.75, 3.05) is 38.0 Å². The first-order valence-corrected chi connectivity index (χ1v) is 10.9. The average molecular weight is 440 g/mol. The largest absolute Gasteiger partial charge is 0.339 e. The Morgan fingerprint density at radius 2 is 1.84 bits per heavy atom. The van der Waals surface area contributed by atoms with E-state index in [4.69, 9.17) is 16.1 Å². The highest BCUT2D eigenvalue weighted by Crippen LogP contribution is 2.21. The number of hydrogen-bond donors (Lipinski definition) is 1. The fraction of sp³-hybridized carbons (Fsp3) is 0.348. The molecule has 0 radical (unpaired) electrons. The van der Waals surface area contributed by atoms with Gasteiger partial charge in [0.15, 0.2) is 0 Å². The van der Waals surface area contributed by atoms with Gasteiger partial charge in [0, 0.05) is 38.2 Å². The normalized spacial score (nSPS) is 14.6. The number of nitrogens with zero attached hydrogens (tertiary/aromatic N) is 4. The van der Waals surface area contributed by atoms with Crippen LogP contribution in [-0.4, -0.2) is 58.7 Å². The quantitative estimate of drug-likeness (QED) is 0.612. The number of carbonyl (C=O) groups is 1. The van der Waals surface area contributed by atoms with Gasteiger partial charge < -0.3 is 14.7 Å². The molecule has 162 valence electrons. The van der Waals surface area contributed by atoms with E-state index in [2.05, 4.69) is 27.3 Å². The van der Waals surface area contributed by atoms with Gasteiger partial charge in [-0.05, 0) is 32.0 Å². The number of urea groups is 1. The molecule has 8 heteroatoms. The molecule has 3 aromatic rings. The predicted octanol–water partition coefficient (Wildman–Crippen LogP) is 4.48. The van der Waals surface area contributed by atoms with Gasteiger partial charge in [0.25, 0.3) is 0 Å². The van der Waals surface area contributed by atoms with Crippen molar-refractivity contribution in [2.24, 2.45) is 0 Å². The summed E-state index contributed by atoms with van der Waals surface area (Å²) in [5.41, 5.74) is 2.81. The number of nitrogens with one attached hydrogen (secondary N) is 1. The minimum absolute atomic E-state index is 0.109. The molecule has 2 heterocycles. The maximum Gasteiger partial charge on any atom is 0.321 e. The fourth-order valence-corrected chi connectivity index (χ4v) is 3.74. The molecular formula is C23H26ClN5O2. The van der Waals surface area contributed by atoms with Gasteiger partial charge in [-0.25, -0.2) is 4.79 Å². The predicted molar refractivity (Wildman–Crippen MR) is 121 cm³/mol. The van der Waals surface area contributed by atoms with Crippen LogP contribution in [0.3, 0.4) is 0 Å². The summed E-state index contributed by atoms with van der Waals surface area (Å²) in [5, 5.41) is 7.52. The summed E-state index contributed by atoms with van der Waals surface area (Å²) in [5.74, 6) is 1.29. The van der Waals surface area contributed by atoms with E-state index in [0.717, 1.165) is 38.0 Å². The molecule has 0 aliphatic carbocycles. The molecule has 1 fully saturated rings. The molecule has 1 aromatic heterocycles. The van der Waals surface area contributed by atoms with Gasteiger partial charge in [-0.15, -0.1) is 0 Å². The van der Waals surface area contributed by atoms with Gasteiger partial charge in [0.2, 0.25) is 11.7 Å². The van der Waals surface area contributed by atoms with Crippen LogP contribution in [0, 0.1) is 6.92 Å². The highest BCUT2D eigenvalue weighted by molar-refractivity contribution is 6.33. The van der Waals surface area contributed by atoms with E-state index in [-0.39, 0.29) is 6.03 Å². The van der Waals surface area contributed by atoms with Crippen LogP contribution >= 0.6 is 11.6 Å². The van der Waals surface area contributed by atoms with Crippen LogP contribution in [0.2, 0.25) is 5.02 Å². The third-order valence-corrected chi connectivity index (χ3v) is 5.75. The van der Waals surface area contributed by atoms with Crippen LogP contribution in [0.15, 0.2) is 53.1 Å². The lowest BCUT2D eigenvalue weighted by molar-refractivity contribution is 0.146. The number of para-hydroxylation sites is 1. The van der Waals surface area contributed by atoms with Crippen LogP contribution in [-0.2, 0) is 6.42 Å². The van der Waals surface area contributed by atoms with E-state index in [1.165, 1.54) is 5.56 Å². The molecule has 31 heavy (non-hydrogen) atoms. The standard InChI is InChI=1S/C23H26ClN5O2/c1-17-8-10-18(11-9-17)22-26-21(31-27-22)7-4-12-28-13-15-29(16-14-28)23(30)25-20-6-3-2-5-19(20)24/h2-3,5-6,8-11H,4,7,12-16H2,1H3,(H,25,30). The molecule has 0 bridgehead atoms. The lowest BCUT2D eigenvalue weighted by Gasteiger charge is -2.34. The Hall–Kier alpha value is -2.90. The Labute approximate surface area is 187 Å². The van der Waals surface area contributed by atoms with Gasteiger partial charge in [-0.2, -0.15) is 4.98 Å². The zero-order valence-electron chi connectivity index (χ0n) is 17.6. The Bertz CT molecular complexity index is 1010. The first-order chi connectivity index (χ1) is 15.1. The minimum Gasteiger partial charge on any atom is -0.339 e. The van der Waals surface area contributed by atoms with Crippen LogP contribution < -0.4 is 5.32 Å². The molecule has 0 atom stereocenters. The van der Waals surface area contributed by atoms with Crippen molar-refractivity contribution in [3.05, 3.63) is 65.0 Å². The van der Waals surface area contributed by atoms with E-state index < -0.39 is 0 Å². The maximum atomic E-state index is 12.5. The van der Waals surface area contributed by atoms with Crippen molar-refractivity contribution >= 4 is 23.3 Å². The average Bonchev–Trinajstić information content (AvgIpc) is 3.25.